The monoisotopic (exact) mass is 288 g/mol. The molecule has 0 unspecified atom stereocenters. The van der Waals surface area contributed by atoms with E-state index >= 15 is 0 Å². The number of carbonyl (C=O) groups excluding carboxylic acids is 2. The fourth-order valence-electron chi connectivity index (χ4n) is 1.51. The average Bonchev–Trinajstić information content (AvgIpc) is 2.35. The number of carbonyl (C=O) groups is 2. The standard InChI is InChI=1S/C11H12O7S/c1-6-8(11(13)18-3)4-7(10(12)17-2)5-9(6)19(14,15)16/h4-5H,1-3H3,(H,14,15,16). The van der Waals surface area contributed by atoms with Gasteiger partial charge in [0.2, 0.25) is 0 Å². The summed E-state index contributed by atoms with van der Waals surface area (Å²) >= 11 is 0. The summed E-state index contributed by atoms with van der Waals surface area (Å²) in [7, 11) is -2.36. The van der Waals surface area contributed by atoms with Crippen LogP contribution in [0.2, 0.25) is 0 Å². The number of ether oxygens (including phenoxy) is 2. The van der Waals surface area contributed by atoms with Crippen molar-refractivity contribution in [3.05, 3.63) is 28.8 Å². The van der Waals surface area contributed by atoms with Gasteiger partial charge in [-0.05, 0) is 24.6 Å². The molecule has 1 aromatic rings. The lowest BCUT2D eigenvalue weighted by Crippen LogP contribution is -2.13. The van der Waals surface area contributed by atoms with Crippen LogP contribution < -0.4 is 0 Å². The zero-order chi connectivity index (χ0) is 14.8. The van der Waals surface area contributed by atoms with E-state index in [0.29, 0.717) is 0 Å². The Bertz CT molecular complexity index is 631. The molecule has 1 N–H and O–H groups in total. The van der Waals surface area contributed by atoms with E-state index in [1.807, 2.05) is 0 Å². The first kappa shape index (κ1) is 15.1. The third-order valence-corrected chi connectivity index (χ3v) is 3.44. The van der Waals surface area contributed by atoms with Crippen molar-refractivity contribution in [1.82, 2.24) is 0 Å². The Morgan fingerprint density at radius 1 is 1.11 bits per heavy atom. The van der Waals surface area contributed by atoms with E-state index in [-0.39, 0.29) is 16.7 Å². The Kier molecular flexibility index (Phi) is 4.28. The molecule has 19 heavy (non-hydrogen) atoms. The van der Waals surface area contributed by atoms with Gasteiger partial charge in [-0.25, -0.2) is 9.59 Å². The van der Waals surface area contributed by atoms with Crippen molar-refractivity contribution in [3.8, 4) is 0 Å². The van der Waals surface area contributed by atoms with Crippen LogP contribution in [0, 0.1) is 6.92 Å². The Labute approximate surface area is 109 Å². The summed E-state index contributed by atoms with van der Waals surface area (Å²) in [6.07, 6.45) is 0. The fraction of sp³-hybridized carbons (Fsp3) is 0.273. The Hall–Kier alpha value is -1.93. The molecule has 0 aliphatic rings. The number of benzene rings is 1. The highest BCUT2D eigenvalue weighted by atomic mass is 32.2. The van der Waals surface area contributed by atoms with Crippen LogP contribution in [-0.4, -0.2) is 39.1 Å². The third-order valence-electron chi connectivity index (χ3n) is 2.46. The molecule has 0 aliphatic carbocycles. The van der Waals surface area contributed by atoms with Crippen LogP contribution in [0.1, 0.15) is 26.3 Å². The van der Waals surface area contributed by atoms with Crippen molar-refractivity contribution in [2.45, 2.75) is 11.8 Å². The van der Waals surface area contributed by atoms with Crippen LogP contribution in [0.15, 0.2) is 17.0 Å². The highest BCUT2D eigenvalue weighted by molar-refractivity contribution is 7.85. The summed E-state index contributed by atoms with van der Waals surface area (Å²) in [5.41, 5.74) is -0.332. The highest BCUT2D eigenvalue weighted by Crippen LogP contribution is 2.22. The fourth-order valence-corrected chi connectivity index (χ4v) is 2.29. The van der Waals surface area contributed by atoms with E-state index in [1.165, 1.54) is 6.92 Å². The molecular weight excluding hydrogens is 276 g/mol. The smallest absolute Gasteiger partial charge is 0.338 e. The van der Waals surface area contributed by atoms with Crippen LogP contribution in [0.4, 0.5) is 0 Å². The van der Waals surface area contributed by atoms with Crippen molar-refractivity contribution in [2.24, 2.45) is 0 Å². The normalized spacial score (nSPS) is 10.9. The van der Waals surface area contributed by atoms with Gasteiger partial charge in [0.1, 0.15) is 0 Å². The summed E-state index contributed by atoms with van der Waals surface area (Å²) in [5.74, 6) is -1.66. The molecule has 0 saturated carbocycles. The van der Waals surface area contributed by atoms with E-state index in [1.54, 1.807) is 0 Å². The van der Waals surface area contributed by atoms with Crippen molar-refractivity contribution in [3.63, 3.8) is 0 Å². The first-order valence-electron chi connectivity index (χ1n) is 5.01. The molecule has 0 bridgehead atoms. The van der Waals surface area contributed by atoms with Crippen molar-refractivity contribution in [2.75, 3.05) is 14.2 Å². The maximum Gasteiger partial charge on any atom is 0.338 e. The van der Waals surface area contributed by atoms with Crippen LogP contribution in [0.25, 0.3) is 0 Å². The molecule has 0 radical (unpaired) electrons. The molecule has 1 rings (SSSR count). The number of hydrogen-bond donors (Lipinski definition) is 1. The van der Waals surface area contributed by atoms with E-state index < -0.39 is 27.0 Å². The number of methoxy groups -OCH3 is 2. The molecule has 0 spiro atoms. The molecule has 0 fully saturated rings. The second-order valence-corrected chi connectivity index (χ2v) is 5.00. The summed E-state index contributed by atoms with van der Waals surface area (Å²) in [6.45, 7) is 1.32. The van der Waals surface area contributed by atoms with Gasteiger partial charge in [-0.15, -0.1) is 0 Å². The number of hydrogen-bond acceptors (Lipinski definition) is 6. The molecule has 0 amide bonds. The summed E-state index contributed by atoms with van der Waals surface area (Å²) < 4.78 is 40.5. The van der Waals surface area contributed by atoms with Gasteiger partial charge in [0.25, 0.3) is 10.1 Å². The van der Waals surface area contributed by atoms with E-state index in [4.69, 9.17) is 4.55 Å². The largest absolute Gasteiger partial charge is 0.465 e. The second-order valence-electron chi connectivity index (χ2n) is 3.61. The minimum absolute atomic E-state index is 0.0120. The molecule has 0 aromatic heterocycles. The zero-order valence-corrected chi connectivity index (χ0v) is 11.3. The van der Waals surface area contributed by atoms with Gasteiger partial charge in [-0.2, -0.15) is 8.42 Å². The Balaban J connectivity index is 3.66. The molecule has 0 atom stereocenters. The summed E-state index contributed by atoms with van der Waals surface area (Å²) in [6, 6.07) is 2.07. The Morgan fingerprint density at radius 3 is 2.05 bits per heavy atom. The number of esters is 2. The maximum absolute atomic E-state index is 11.5. The van der Waals surface area contributed by atoms with Crippen molar-refractivity contribution < 1.29 is 32.0 Å². The van der Waals surface area contributed by atoms with Gasteiger partial charge in [0.05, 0.1) is 30.2 Å². The van der Waals surface area contributed by atoms with Crippen molar-refractivity contribution in [1.29, 1.82) is 0 Å². The van der Waals surface area contributed by atoms with Gasteiger partial charge in [0.15, 0.2) is 0 Å². The SMILES string of the molecule is COC(=O)c1cc(C(=O)OC)c(C)c(S(=O)(=O)O)c1. The lowest BCUT2D eigenvalue weighted by Gasteiger charge is -2.10. The first-order chi connectivity index (χ1) is 8.72. The van der Waals surface area contributed by atoms with Gasteiger partial charge >= 0.3 is 11.9 Å². The van der Waals surface area contributed by atoms with E-state index in [2.05, 4.69) is 9.47 Å². The second kappa shape index (κ2) is 5.37. The van der Waals surface area contributed by atoms with E-state index in [0.717, 1.165) is 26.4 Å². The van der Waals surface area contributed by atoms with Gasteiger partial charge in [-0.3, -0.25) is 4.55 Å². The average molecular weight is 288 g/mol. The molecule has 0 aliphatic heterocycles. The quantitative estimate of drug-likeness (QED) is 0.648. The molecule has 0 heterocycles. The molecule has 8 heteroatoms. The molecular formula is C11H12O7S. The lowest BCUT2D eigenvalue weighted by atomic mass is 10.0. The van der Waals surface area contributed by atoms with Crippen LogP contribution in [-0.2, 0) is 19.6 Å². The Morgan fingerprint density at radius 2 is 1.63 bits per heavy atom. The minimum Gasteiger partial charge on any atom is -0.465 e. The van der Waals surface area contributed by atoms with Gasteiger partial charge < -0.3 is 9.47 Å². The maximum atomic E-state index is 11.5. The number of rotatable bonds is 3. The van der Waals surface area contributed by atoms with Crippen LogP contribution in [0.3, 0.4) is 0 Å². The van der Waals surface area contributed by atoms with Gasteiger partial charge in [0, 0.05) is 0 Å². The predicted molar refractivity (Wildman–Crippen MR) is 63.7 cm³/mol. The van der Waals surface area contributed by atoms with Crippen molar-refractivity contribution >= 4 is 22.1 Å². The van der Waals surface area contributed by atoms with Gasteiger partial charge in [-0.1, -0.05) is 0 Å². The van der Waals surface area contributed by atoms with Crippen LogP contribution >= 0.6 is 0 Å². The summed E-state index contributed by atoms with van der Waals surface area (Å²) in [5, 5.41) is 0. The highest BCUT2D eigenvalue weighted by Gasteiger charge is 2.23. The first-order valence-corrected chi connectivity index (χ1v) is 6.45. The summed E-state index contributed by atoms with van der Waals surface area (Å²) in [4.78, 5) is 22.4. The molecule has 1 aromatic carbocycles. The predicted octanol–water partition coefficient (Wildman–Crippen LogP) is 0.815. The van der Waals surface area contributed by atoms with Crippen LogP contribution in [0.5, 0.6) is 0 Å². The zero-order valence-electron chi connectivity index (χ0n) is 10.5. The third kappa shape index (κ3) is 3.09. The lowest BCUT2D eigenvalue weighted by molar-refractivity contribution is 0.0598. The molecule has 104 valence electrons. The molecule has 0 saturated heterocycles. The molecule has 7 nitrogen and oxygen atoms in total. The minimum atomic E-state index is -4.58. The topological polar surface area (TPSA) is 107 Å². The van der Waals surface area contributed by atoms with E-state index in [9.17, 15) is 18.0 Å².